The average molecular weight is 529 g/mol. The summed E-state index contributed by atoms with van der Waals surface area (Å²) < 4.78 is 2.27. The number of nitrogens with one attached hydrogen (secondary N) is 1. The summed E-state index contributed by atoms with van der Waals surface area (Å²) in [6.07, 6.45) is 0. The lowest BCUT2D eigenvalue weighted by atomic mass is 10.0. The standard InChI is InChI=1S/C19H21ClN6O4S3/c1-7-12(20)8(2)26(24-7)9(3)15(27)21-13-16(28)25-14(18(29)30)11(5-31-17(13)25)6-32-19-23-22-10(4)33-19/h9,13,17H,5-6H2,1-4H3,(H,21,27)(H,29,30)/t9-,13-,17-/m0/s1. The van der Waals surface area contributed by atoms with Gasteiger partial charge >= 0.3 is 5.97 Å². The number of fused-ring (bicyclic) bond motifs is 1. The van der Waals surface area contributed by atoms with Crippen LogP contribution in [0.25, 0.3) is 0 Å². The molecule has 3 atom stereocenters. The molecule has 2 aromatic heterocycles. The number of carboxylic acid groups (broad SMARTS) is 1. The van der Waals surface area contributed by atoms with Crippen molar-refractivity contribution < 1.29 is 19.5 Å². The van der Waals surface area contributed by atoms with E-state index >= 15 is 0 Å². The summed E-state index contributed by atoms with van der Waals surface area (Å²) in [4.78, 5) is 39.0. The molecule has 14 heteroatoms. The van der Waals surface area contributed by atoms with Crippen LogP contribution in [-0.2, 0) is 14.4 Å². The van der Waals surface area contributed by atoms with Crippen molar-refractivity contribution in [1.29, 1.82) is 0 Å². The highest BCUT2D eigenvalue weighted by atomic mass is 35.5. The number of halogens is 1. The van der Waals surface area contributed by atoms with Gasteiger partial charge in [-0.05, 0) is 33.3 Å². The van der Waals surface area contributed by atoms with Crippen LogP contribution < -0.4 is 5.32 Å². The van der Waals surface area contributed by atoms with Crippen molar-refractivity contribution in [3.8, 4) is 0 Å². The van der Waals surface area contributed by atoms with E-state index in [9.17, 15) is 19.5 Å². The molecule has 1 fully saturated rings. The smallest absolute Gasteiger partial charge is 0.352 e. The van der Waals surface area contributed by atoms with Crippen molar-refractivity contribution in [2.45, 2.75) is 49.5 Å². The number of amides is 2. The Morgan fingerprint density at radius 2 is 2.06 bits per heavy atom. The molecule has 1 saturated heterocycles. The number of hydrogen-bond donors (Lipinski definition) is 2. The molecule has 2 aromatic rings. The van der Waals surface area contributed by atoms with Crippen LogP contribution in [0.1, 0.15) is 29.4 Å². The van der Waals surface area contributed by atoms with E-state index < -0.39 is 29.3 Å². The first-order valence-corrected chi connectivity index (χ1v) is 13.2. The Balaban J connectivity index is 1.46. The van der Waals surface area contributed by atoms with Gasteiger partial charge in [-0.15, -0.1) is 22.0 Å². The fourth-order valence-electron chi connectivity index (χ4n) is 3.68. The van der Waals surface area contributed by atoms with Gasteiger partial charge in [0.25, 0.3) is 5.91 Å². The third-order valence-corrected chi connectivity index (χ3v) is 9.35. The molecule has 176 valence electrons. The number of rotatable bonds is 7. The van der Waals surface area contributed by atoms with Gasteiger partial charge < -0.3 is 10.4 Å². The first-order valence-electron chi connectivity index (χ1n) is 9.94. The number of aliphatic carboxylic acids is 1. The van der Waals surface area contributed by atoms with E-state index in [1.54, 1.807) is 20.8 Å². The molecule has 33 heavy (non-hydrogen) atoms. The molecule has 0 aliphatic carbocycles. The molecule has 0 spiro atoms. The highest BCUT2D eigenvalue weighted by Crippen LogP contribution is 2.42. The minimum absolute atomic E-state index is 0.0126. The van der Waals surface area contributed by atoms with Gasteiger partial charge in [-0.3, -0.25) is 19.2 Å². The van der Waals surface area contributed by atoms with E-state index in [-0.39, 0.29) is 11.6 Å². The number of carboxylic acids is 1. The van der Waals surface area contributed by atoms with E-state index in [1.165, 1.54) is 44.4 Å². The molecule has 0 radical (unpaired) electrons. The number of hydrogen-bond acceptors (Lipinski definition) is 9. The molecule has 10 nitrogen and oxygen atoms in total. The summed E-state index contributed by atoms with van der Waals surface area (Å²) in [5, 5.41) is 25.7. The number of thioether (sulfide) groups is 2. The predicted octanol–water partition coefficient (Wildman–Crippen LogP) is 2.41. The number of carbonyl (C=O) groups is 3. The highest BCUT2D eigenvalue weighted by molar-refractivity contribution is 8.01. The molecule has 0 aromatic carbocycles. The number of aryl methyl sites for hydroxylation is 2. The quantitative estimate of drug-likeness (QED) is 0.411. The van der Waals surface area contributed by atoms with Crippen LogP contribution in [0, 0.1) is 20.8 Å². The predicted molar refractivity (Wildman–Crippen MR) is 126 cm³/mol. The topological polar surface area (TPSA) is 130 Å². The molecule has 2 aliphatic heterocycles. The summed E-state index contributed by atoms with van der Waals surface area (Å²) in [6.45, 7) is 7.05. The third-order valence-electron chi connectivity index (χ3n) is 5.41. The molecule has 2 N–H and O–H groups in total. The van der Waals surface area contributed by atoms with Crippen molar-refractivity contribution in [2.24, 2.45) is 0 Å². The minimum Gasteiger partial charge on any atom is -0.477 e. The number of aromatic nitrogens is 4. The summed E-state index contributed by atoms with van der Waals surface area (Å²) in [6, 6.07) is -1.48. The second kappa shape index (κ2) is 9.28. The molecule has 4 rings (SSSR count). The molecule has 2 amide bonds. The summed E-state index contributed by atoms with van der Waals surface area (Å²) >= 11 is 10.4. The van der Waals surface area contributed by atoms with Crippen molar-refractivity contribution in [3.63, 3.8) is 0 Å². The molecule has 2 aliphatic rings. The summed E-state index contributed by atoms with van der Waals surface area (Å²) in [7, 11) is 0. The number of β-lactam (4-membered cyclic amide) rings is 1. The van der Waals surface area contributed by atoms with Crippen LogP contribution >= 0.6 is 46.5 Å². The zero-order valence-corrected chi connectivity index (χ0v) is 21.4. The monoisotopic (exact) mass is 528 g/mol. The van der Waals surface area contributed by atoms with Crippen LogP contribution in [0.4, 0.5) is 0 Å². The van der Waals surface area contributed by atoms with Gasteiger partial charge in [-0.25, -0.2) is 4.79 Å². The van der Waals surface area contributed by atoms with E-state index in [2.05, 4.69) is 20.6 Å². The lowest BCUT2D eigenvalue weighted by Crippen LogP contribution is -2.71. The van der Waals surface area contributed by atoms with Crippen LogP contribution in [0.2, 0.25) is 5.02 Å². The van der Waals surface area contributed by atoms with Gasteiger partial charge in [0.2, 0.25) is 5.91 Å². The van der Waals surface area contributed by atoms with Crippen LogP contribution in [0.3, 0.4) is 0 Å². The molecule has 0 bridgehead atoms. The zero-order chi connectivity index (χ0) is 24.0. The SMILES string of the molecule is Cc1nnc(SCC2=C(C(=O)O)N3C(=O)[C@H](NC(=O)[C@H](C)n4nc(C)c(Cl)c4C)[C@@H]3SC2)s1. The number of carbonyl (C=O) groups excluding carboxylic acids is 2. The van der Waals surface area contributed by atoms with Crippen molar-refractivity contribution in [2.75, 3.05) is 11.5 Å². The van der Waals surface area contributed by atoms with Gasteiger partial charge in [0.15, 0.2) is 4.34 Å². The summed E-state index contributed by atoms with van der Waals surface area (Å²) in [5.74, 6) is -1.15. The first-order chi connectivity index (χ1) is 15.6. The molecular formula is C19H21ClN6O4S3. The Hall–Kier alpha value is -2.09. The second-order valence-electron chi connectivity index (χ2n) is 7.63. The molecular weight excluding hydrogens is 508 g/mol. The van der Waals surface area contributed by atoms with Crippen molar-refractivity contribution >= 4 is 64.2 Å². The van der Waals surface area contributed by atoms with Gasteiger partial charge in [0, 0.05) is 11.5 Å². The van der Waals surface area contributed by atoms with Gasteiger partial charge in [-0.2, -0.15) is 5.10 Å². The Morgan fingerprint density at radius 1 is 1.33 bits per heavy atom. The highest BCUT2D eigenvalue weighted by Gasteiger charge is 2.54. The minimum atomic E-state index is -1.16. The Labute approximate surface area is 207 Å². The van der Waals surface area contributed by atoms with Gasteiger partial charge in [0.05, 0.1) is 16.4 Å². The van der Waals surface area contributed by atoms with E-state index in [0.717, 1.165) is 9.35 Å². The van der Waals surface area contributed by atoms with Crippen molar-refractivity contribution in [3.05, 3.63) is 32.7 Å². The van der Waals surface area contributed by atoms with E-state index in [0.29, 0.717) is 33.5 Å². The van der Waals surface area contributed by atoms with E-state index in [4.69, 9.17) is 11.6 Å². The number of nitrogens with zero attached hydrogens (tertiary/aromatic N) is 5. The van der Waals surface area contributed by atoms with Crippen LogP contribution in [0.15, 0.2) is 15.6 Å². The van der Waals surface area contributed by atoms with Gasteiger partial charge in [0.1, 0.15) is 28.2 Å². The normalized spacial score (nSPS) is 21.0. The summed E-state index contributed by atoms with van der Waals surface area (Å²) in [5.41, 5.74) is 1.91. The van der Waals surface area contributed by atoms with Crippen LogP contribution in [0.5, 0.6) is 0 Å². The molecule has 4 heterocycles. The van der Waals surface area contributed by atoms with Crippen molar-refractivity contribution in [1.82, 2.24) is 30.2 Å². The van der Waals surface area contributed by atoms with E-state index in [1.807, 2.05) is 6.92 Å². The Kier molecular flexibility index (Phi) is 6.76. The van der Waals surface area contributed by atoms with Crippen LogP contribution in [-0.4, -0.2) is 70.7 Å². The maximum absolute atomic E-state index is 12.9. The average Bonchev–Trinajstić information content (AvgIpc) is 3.31. The molecule has 0 unspecified atom stereocenters. The molecule has 0 saturated carbocycles. The lowest BCUT2D eigenvalue weighted by molar-refractivity contribution is -0.151. The Morgan fingerprint density at radius 3 is 2.64 bits per heavy atom. The first kappa shape index (κ1) is 24.0. The largest absolute Gasteiger partial charge is 0.477 e. The lowest BCUT2D eigenvalue weighted by Gasteiger charge is -2.49. The second-order valence-corrected chi connectivity index (χ2v) is 11.5. The zero-order valence-electron chi connectivity index (χ0n) is 18.2. The maximum Gasteiger partial charge on any atom is 0.352 e. The third kappa shape index (κ3) is 4.38. The fourth-order valence-corrected chi connectivity index (χ4v) is 7.11. The maximum atomic E-state index is 12.9. The Bertz CT molecular complexity index is 1180. The fraction of sp³-hybridized carbons (Fsp3) is 0.474. The van der Waals surface area contributed by atoms with Gasteiger partial charge in [-0.1, -0.05) is 34.7 Å².